The van der Waals surface area contributed by atoms with Gasteiger partial charge in [-0.15, -0.1) is 5.10 Å². The molecular formula is C19H22N4O2S. The van der Waals surface area contributed by atoms with E-state index in [-0.39, 0.29) is 5.92 Å². The Morgan fingerprint density at radius 1 is 1.23 bits per heavy atom. The molecule has 6 nitrogen and oxygen atoms in total. The van der Waals surface area contributed by atoms with Crippen LogP contribution in [0.15, 0.2) is 30.5 Å². The zero-order valence-corrected chi connectivity index (χ0v) is 15.7. The van der Waals surface area contributed by atoms with Crippen molar-refractivity contribution in [1.29, 1.82) is 0 Å². The zero-order valence-electron chi connectivity index (χ0n) is 14.9. The van der Waals surface area contributed by atoms with E-state index in [4.69, 9.17) is 10.1 Å². The smallest absolute Gasteiger partial charge is 0.306 e. The van der Waals surface area contributed by atoms with Gasteiger partial charge < -0.3 is 10.0 Å². The maximum atomic E-state index is 11.1. The average molecular weight is 370 g/mol. The number of piperidine rings is 1. The molecule has 0 radical (unpaired) electrons. The topological polar surface area (TPSA) is 70.7 Å². The quantitative estimate of drug-likeness (QED) is 0.755. The number of carbonyl (C=O) groups is 1. The highest BCUT2D eigenvalue weighted by Crippen LogP contribution is 2.30. The Bertz CT molecular complexity index is 889. The fourth-order valence-corrected chi connectivity index (χ4v) is 4.25. The van der Waals surface area contributed by atoms with Crippen LogP contribution in [0.1, 0.15) is 38.2 Å². The maximum Gasteiger partial charge on any atom is 0.306 e. The highest BCUT2D eigenvalue weighted by Gasteiger charge is 2.26. The average Bonchev–Trinajstić information content (AvgIpc) is 3.21. The molecule has 1 N–H and O–H groups in total. The van der Waals surface area contributed by atoms with E-state index in [1.165, 1.54) is 5.56 Å². The first-order chi connectivity index (χ1) is 12.5. The highest BCUT2D eigenvalue weighted by atomic mass is 32.1. The minimum atomic E-state index is -0.688. The van der Waals surface area contributed by atoms with Crippen LogP contribution in [0, 0.1) is 5.92 Å². The molecule has 0 bridgehead atoms. The summed E-state index contributed by atoms with van der Waals surface area (Å²) in [6.07, 6.45) is 3.30. The van der Waals surface area contributed by atoms with E-state index in [1.54, 1.807) is 11.3 Å². The van der Waals surface area contributed by atoms with Crippen molar-refractivity contribution in [3.63, 3.8) is 0 Å². The fraction of sp³-hybridized carbons (Fsp3) is 0.421. The van der Waals surface area contributed by atoms with Gasteiger partial charge in [0.25, 0.3) is 0 Å². The summed E-state index contributed by atoms with van der Waals surface area (Å²) in [5.41, 5.74) is 3.34. The lowest BCUT2D eigenvalue weighted by atomic mass is 9.98. The van der Waals surface area contributed by atoms with E-state index in [2.05, 4.69) is 48.1 Å². The van der Waals surface area contributed by atoms with E-state index in [0.717, 1.165) is 34.4 Å². The first-order valence-corrected chi connectivity index (χ1v) is 9.77. The van der Waals surface area contributed by atoms with Crippen molar-refractivity contribution >= 4 is 27.4 Å². The highest BCUT2D eigenvalue weighted by molar-refractivity contribution is 7.20. The number of imidazole rings is 1. The van der Waals surface area contributed by atoms with E-state index < -0.39 is 5.97 Å². The van der Waals surface area contributed by atoms with Crippen LogP contribution < -0.4 is 4.90 Å². The van der Waals surface area contributed by atoms with Gasteiger partial charge in [0, 0.05) is 18.7 Å². The number of carboxylic acids is 1. The summed E-state index contributed by atoms with van der Waals surface area (Å²) in [5.74, 6) is -0.397. The van der Waals surface area contributed by atoms with Crippen molar-refractivity contribution in [2.24, 2.45) is 5.92 Å². The van der Waals surface area contributed by atoms with Gasteiger partial charge >= 0.3 is 5.97 Å². The maximum absolute atomic E-state index is 11.1. The van der Waals surface area contributed by atoms with Crippen LogP contribution in [0.5, 0.6) is 0 Å². The van der Waals surface area contributed by atoms with Crippen LogP contribution in [-0.4, -0.2) is 38.8 Å². The Hall–Kier alpha value is -2.41. The number of hydrogen-bond acceptors (Lipinski definition) is 5. The van der Waals surface area contributed by atoms with Gasteiger partial charge in [-0.25, -0.2) is 9.50 Å². The molecule has 136 valence electrons. The molecular weight excluding hydrogens is 348 g/mol. The number of aliphatic carboxylic acids is 1. The summed E-state index contributed by atoms with van der Waals surface area (Å²) in [5, 5.41) is 14.7. The second kappa shape index (κ2) is 6.72. The normalized spacial score (nSPS) is 15.9. The van der Waals surface area contributed by atoms with Crippen LogP contribution in [0.3, 0.4) is 0 Å². The lowest BCUT2D eigenvalue weighted by molar-refractivity contribution is -0.142. The van der Waals surface area contributed by atoms with E-state index in [9.17, 15) is 4.79 Å². The molecule has 0 aliphatic carbocycles. The molecule has 0 amide bonds. The van der Waals surface area contributed by atoms with Gasteiger partial charge in [-0.05, 0) is 24.3 Å². The summed E-state index contributed by atoms with van der Waals surface area (Å²) in [6.45, 7) is 5.84. The molecule has 1 aliphatic rings. The molecule has 1 fully saturated rings. The third-order valence-corrected chi connectivity index (χ3v) is 6.00. The summed E-state index contributed by atoms with van der Waals surface area (Å²) < 4.78 is 1.83. The molecule has 26 heavy (non-hydrogen) atoms. The number of aromatic nitrogens is 3. The lowest BCUT2D eigenvalue weighted by Crippen LogP contribution is -2.36. The zero-order chi connectivity index (χ0) is 18.3. The van der Waals surface area contributed by atoms with Gasteiger partial charge in [0.2, 0.25) is 10.1 Å². The van der Waals surface area contributed by atoms with E-state index in [1.807, 2.05) is 10.7 Å². The number of hydrogen-bond donors (Lipinski definition) is 1. The van der Waals surface area contributed by atoms with Crippen LogP contribution in [0.25, 0.3) is 16.2 Å². The monoisotopic (exact) mass is 370 g/mol. The van der Waals surface area contributed by atoms with Crippen molar-refractivity contribution in [3.8, 4) is 11.3 Å². The molecule has 1 aromatic carbocycles. The summed E-state index contributed by atoms with van der Waals surface area (Å²) in [7, 11) is 0. The molecule has 0 unspecified atom stereocenters. The van der Waals surface area contributed by atoms with Gasteiger partial charge in [-0.3, -0.25) is 4.79 Å². The molecule has 3 aromatic rings. The number of fused-ring (bicyclic) bond motifs is 1. The predicted octanol–water partition coefficient (Wildman–Crippen LogP) is 3.88. The Kier molecular flexibility index (Phi) is 4.40. The van der Waals surface area contributed by atoms with Gasteiger partial charge in [0.1, 0.15) is 0 Å². The third kappa shape index (κ3) is 3.19. The number of anilines is 1. The first-order valence-electron chi connectivity index (χ1n) is 8.95. The Morgan fingerprint density at radius 2 is 1.92 bits per heavy atom. The second-order valence-corrected chi connectivity index (χ2v) is 8.05. The minimum absolute atomic E-state index is 0.226. The van der Waals surface area contributed by atoms with Gasteiger partial charge in [0.05, 0.1) is 17.8 Å². The number of carboxylic acid groups (broad SMARTS) is 1. The van der Waals surface area contributed by atoms with Gasteiger partial charge in [0.15, 0.2) is 0 Å². The van der Waals surface area contributed by atoms with Crippen molar-refractivity contribution in [2.45, 2.75) is 32.6 Å². The fourth-order valence-electron chi connectivity index (χ4n) is 3.31. The Morgan fingerprint density at radius 3 is 2.50 bits per heavy atom. The number of nitrogens with zero attached hydrogens (tertiary/aromatic N) is 4. The largest absolute Gasteiger partial charge is 0.481 e. The lowest BCUT2D eigenvalue weighted by Gasteiger charge is -2.29. The molecule has 0 spiro atoms. The standard InChI is InChI=1S/C19H22N4O2S/c1-12(2)13-3-5-14(6-4-13)16-11-23-18(20-16)26-19(21-23)22-9-7-15(8-10-22)17(24)25/h3-6,11-12,15H,7-10H2,1-2H3,(H,24,25). The minimum Gasteiger partial charge on any atom is -0.481 e. The molecule has 3 heterocycles. The molecule has 1 saturated heterocycles. The summed E-state index contributed by atoms with van der Waals surface area (Å²) in [6, 6.07) is 8.52. The summed E-state index contributed by atoms with van der Waals surface area (Å²) >= 11 is 1.56. The number of benzene rings is 1. The van der Waals surface area contributed by atoms with Crippen molar-refractivity contribution in [2.75, 3.05) is 18.0 Å². The third-order valence-electron chi connectivity index (χ3n) is 5.02. The Balaban J connectivity index is 1.52. The van der Waals surface area contributed by atoms with Gasteiger partial charge in [-0.1, -0.05) is 49.4 Å². The van der Waals surface area contributed by atoms with E-state index >= 15 is 0 Å². The molecule has 0 atom stereocenters. The van der Waals surface area contributed by atoms with Gasteiger partial charge in [-0.2, -0.15) is 0 Å². The first kappa shape index (κ1) is 17.0. The number of rotatable bonds is 4. The van der Waals surface area contributed by atoms with Crippen LogP contribution in [-0.2, 0) is 4.79 Å². The molecule has 1 aliphatic heterocycles. The Labute approximate surface area is 156 Å². The van der Waals surface area contributed by atoms with Crippen LogP contribution >= 0.6 is 11.3 Å². The second-order valence-electron chi connectivity index (χ2n) is 7.11. The van der Waals surface area contributed by atoms with Crippen LogP contribution in [0.2, 0.25) is 0 Å². The van der Waals surface area contributed by atoms with Crippen molar-refractivity contribution in [3.05, 3.63) is 36.0 Å². The van der Waals surface area contributed by atoms with Crippen molar-refractivity contribution < 1.29 is 9.90 Å². The molecule has 0 saturated carbocycles. The summed E-state index contributed by atoms with van der Waals surface area (Å²) in [4.78, 5) is 18.8. The van der Waals surface area contributed by atoms with E-state index in [0.29, 0.717) is 18.8 Å². The molecule has 4 rings (SSSR count). The predicted molar refractivity (Wildman–Crippen MR) is 103 cm³/mol. The van der Waals surface area contributed by atoms with Crippen LogP contribution in [0.4, 0.5) is 5.13 Å². The SMILES string of the molecule is CC(C)c1ccc(-c2cn3nc(N4CCC(C(=O)O)CC4)sc3n2)cc1. The molecule has 2 aromatic heterocycles. The van der Waals surface area contributed by atoms with Crippen molar-refractivity contribution in [1.82, 2.24) is 14.6 Å². The molecule has 7 heteroatoms.